The van der Waals surface area contributed by atoms with Crippen molar-refractivity contribution in [2.45, 2.75) is 12.5 Å². The molecule has 0 bridgehead atoms. The summed E-state index contributed by atoms with van der Waals surface area (Å²) in [6.07, 6.45) is 4.99. The Morgan fingerprint density at radius 1 is 1.60 bits per heavy atom. The second-order valence-electron chi connectivity index (χ2n) is 3.42. The molecule has 0 saturated heterocycles. The van der Waals surface area contributed by atoms with Gasteiger partial charge in [-0.3, -0.25) is 16.3 Å². The van der Waals surface area contributed by atoms with E-state index in [2.05, 4.69) is 10.4 Å². The molecular weight excluding hydrogens is 214 g/mol. The maximum absolute atomic E-state index is 11.0. The predicted molar refractivity (Wildman–Crippen MR) is 58.6 cm³/mol. The molecule has 1 heterocycles. The van der Waals surface area contributed by atoms with Crippen LogP contribution in [0.3, 0.4) is 0 Å². The van der Waals surface area contributed by atoms with Crippen LogP contribution in [-0.2, 0) is 9.84 Å². The Balaban J connectivity index is 2.66. The van der Waals surface area contributed by atoms with Crippen LogP contribution in [0.2, 0.25) is 0 Å². The van der Waals surface area contributed by atoms with Gasteiger partial charge in [-0.05, 0) is 18.1 Å². The molecule has 84 valence electrons. The van der Waals surface area contributed by atoms with E-state index in [9.17, 15) is 8.42 Å². The highest BCUT2D eigenvalue weighted by atomic mass is 32.2. The highest BCUT2D eigenvalue weighted by molar-refractivity contribution is 7.90. The van der Waals surface area contributed by atoms with Gasteiger partial charge in [-0.1, -0.05) is 6.07 Å². The minimum Gasteiger partial charge on any atom is -0.271 e. The van der Waals surface area contributed by atoms with Gasteiger partial charge in [-0.15, -0.1) is 0 Å². The number of sulfone groups is 1. The molecule has 1 aromatic rings. The number of nitrogens with two attached hydrogens (primary N) is 1. The molecule has 0 radical (unpaired) electrons. The Labute approximate surface area is 89.6 Å². The van der Waals surface area contributed by atoms with Crippen molar-refractivity contribution in [2.24, 2.45) is 5.84 Å². The average molecular weight is 229 g/mol. The van der Waals surface area contributed by atoms with Gasteiger partial charge >= 0.3 is 0 Å². The van der Waals surface area contributed by atoms with E-state index < -0.39 is 9.84 Å². The smallest absolute Gasteiger partial charge is 0.147 e. The third-order valence-electron chi connectivity index (χ3n) is 2.07. The maximum atomic E-state index is 11.0. The van der Waals surface area contributed by atoms with Gasteiger partial charge in [-0.2, -0.15) is 0 Å². The van der Waals surface area contributed by atoms with E-state index in [0.29, 0.717) is 6.42 Å². The molecule has 1 rings (SSSR count). The van der Waals surface area contributed by atoms with Crippen molar-refractivity contribution in [2.75, 3.05) is 12.0 Å². The summed E-state index contributed by atoms with van der Waals surface area (Å²) in [7, 11) is -2.95. The Morgan fingerprint density at radius 2 is 2.33 bits per heavy atom. The van der Waals surface area contributed by atoms with Crippen LogP contribution in [0.4, 0.5) is 0 Å². The molecule has 1 aromatic heterocycles. The molecule has 0 aliphatic heterocycles. The fourth-order valence-corrected chi connectivity index (χ4v) is 1.92. The molecule has 3 N–H and O–H groups in total. The van der Waals surface area contributed by atoms with Crippen molar-refractivity contribution in [3.8, 4) is 0 Å². The lowest BCUT2D eigenvalue weighted by molar-refractivity contribution is 0.530. The number of hydrogen-bond donors (Lipinski definition) is 2. The lowest BCUT2D eigenvalue weighted by atomic mass is 10.1. The topological polar surface area (TPSA) is 85.1 Å². The fraction of sp³-hybridized carbons (Fsp3) is 0.444. The van der Waals surface area contributed by atoms with Crippen molar-refractivity contribution in [3.05, 3.63) is 30.1 Å². The number of hydrazine groups is 1. The second-order valence-corrected chi connectivity index (χ2v) is 5.68. The van der Waals surface area contributed by atoms with Crippen molar-refractivity contribution in [1.29, 1.82) is 0 Å². The lowest BCUT2D eigenvalue weighted by Gasteiger charge is -2.14. The van der Waals surface area contributed by atoms with Gasteiger partial charge in [0, 0.05) is 24.7 Å². The molecule has 0 aliphatic rings. The van der Waals surface area contributed by atoms with Crippen molar-refractivity contribution in [1.82, 2.24) is 10.4 Å². The second kappa shape index (κ2) is 5.20. The van der Waals surface area contributed by atoms with Gasteiger partial charge in [0.25, 0.3) is 0 Å². The first-order chi connectivity index (χ1) is 7.03. The molecule has 5 nitrogen and oxygen atoms in total. The first-order valence-corrected chi connectivity index (χ1v) is 6.63. The standard InChI is InChI=1S/C9H15N3O2S/c1-15(13,14)6-4-9(12-10)8-3-2-5-11-7-8/h2-3,5,7,9,12H,4,6,10H2,1H3. The number of hydrogen-bond acceptors (Lipinski definition) is 5. The molecule has 0 aliphatic carbocycles. The molecule has 1 unspecified atom stereocenters. The molecule has 0 saturated carbocycles. The maximum Gasteiger partial charge on any atom is 0.147 e. The monoisotopic (exact) mass is 229 g/mol. The Morgan fingerprint density at radius 3 is 2.80 bits per heavy atom. The van der Waals surface area contributed by atoms with Gasteiger partial charge in [0.15, 0.2) is 0 Å². The third kappa shape index (κ3) is 4.37. The normalized spacial score (nSPS) is 13.7. The summed E-state index contributed by atoms with van der Waals surface area (Å²) in [5.41, 5.74) is 3.48. The van der Waals surface area contributed by atoms with Gasteiger partial charge < -0.3 is 0 Å². The zero-order valence-electron chi connectivity index (χ0n) is 8.55. The highest BCUT2D eigenvalue weighted by Crippen LogP contribution is 2.14. The van der Waals surface area contributed by atoms with Gasteiger partial charge in [0.1, 0.15) is 9.84 Å². The van der Waals surface area contributed by atoms with Crippen LogP contribution in [0.25, 0.3) is 0 Å². The Kier molecular flexibility index (Phi) is 4.19. The summed E-state index contributed by atoms with van der Waals surface area (Å²) in [6, 6.07) is 3.48. The molecular formula is C9H15N3O2S. The lowest BCUT2D eigenvalue weighted by Crippen LogP contribution is -2.29. The van der Waals surface area contributed by atoms with E-state index >= 15 is 0 Å². The minimum absolute atomic E-state index is 0.108. The summed E-state index contributed by atoms with van der Waals surface area (Å²) >= 11 is 0. The first-order valence-electron chi connectivity index (χ1n) is 4.56. The van der Waals surface area contributed by atoms with Crippen LogP contribution in [0.5, 0.6) is 0 Å². The largest absolute Gasteiger partial charge is 0.271 e. The molecule has 0 amide bonds. The minimum atomic E-state index is -2.95. The number of nitrogens with one attached hydrogen (secondary N) is 1. The van der Waals surface area contributed by atoms with Gasteiger partial charge in [-0.25, -0.2) is 8.42 Å². The Hall–Kier alpha value is -0.980. The molecule has 0 aromatic carbocycles. The van der Waals surface area contributed by atoms with Crippen molar-refractivity contribution >= 4 is 9.84 Å². The number of rotatable bonds is 5. The predicted octanol–water partition coefficient (Wildman–Crippen LogP) is 0.0207. The van der Waals surface area contributed by atoms with E-state index in [-0.39, 0.29) is 11.8 Å². The van der Waals surface area contributed by atoms with Gasteiger partial charge in [0.05, 0.1) is 5.75 Å². The summed E-state index contributed by atoms with van der Waals surface area (Å²) in [5, 5.41) is 0. The molecule has 6 heteroatoms. The fourth-order valence-electron chi connectivity index (χ4n) is 1.26. The van der Waals surface area contributed by atoms with Crippen LogP contribution in [-0.4, -0.2) is 25.4 Å². The summed E-state index contributed by atoms with van der Waals surface area (Å²) in [5.74, 6) is 5.47. The van der Waals surface area contributed by atoms with Crippen molar-refractivity contribution in [3.63, 3.8) is 0 Å². The van der Waals surface area contributed by atoms with E-state index in [1.54, 1.807) is 18.5 Å². The third-order valence-corrected chi connectivity index (χ3v) is 3.04. The van der Waals surface area contributed by atoms with E-state index in [1.165, 1.54) is 6.26 Å². The summed E-state index contributed by atoms with van der Waals surface area (Å²) in [4.78, 5) is 3.95. The number of nitrogens with zero attached hydrogens (tertiary/aromatic N) is 1. The van der Waals surface area contributed by atoms with E-state index in [1.807, 2.05) is 6.07 Å². The summed E-state index contributed by atoms with van der Waals surface area (Å²) < 4.78 is 22.0. The molecule has 0 spiro atoms. The van der Waals surface area contributed by atoms with Crippen LogP contribution in [0.15, 0.2) is 24.5 Å². The summed E-state index contributed by atoms with van der Waals surface area (Å²) in [6.45, 7) is 0. The Bertz CT molecular complexity index is 391. The highest BCUT2D eigenvalue weighted by Gasteiger charge is 2.12. The molecule has 1 atom stereocenters. The zero-order chi connectivity index (χ0) is 11.3. The average Bonchev–Trinajstić information content (AvgIpc) is 2.19. The van der Waals surface area contributed by atoms with E-state index in [0.717, 1.165) is 5.56 Å². The first kappa shape index (κ1) is 12.1. The van der Waals surface area contributed by atoms with E-state index in [4.69, 9.17) is 5.84 Å². The van der Waals surface area contributed by atoms with Crippen LogP contribution in [0.1, 0.15) is 18.0 Å². The molecule has 15 heavy (non-hydrogen) atoms. The van der Waals surface area contributed by atoms with Crippen LogP contribution in [0, 0.1) is 0 Å². The van der Waals surface area contributed by atoms with Crippen molar-refractivity contribution < 1.29 is 8.42 Å². The number of pyridine rings is 1. The quantitative estimate of drug-likeness (QED) is 0.549. The van der Waals surface area contributed by atoms with Crippen LogP contribution < -0.4 is 11.3 Å². The SMILES string of the molecule is CS(=O)(=O)CCC(NN)c1cccnc1. The van der Waals surface area contributed by atoms with Gasteiger partial charge in [0.2, 0.25) is 0 Å². The molecule has 0 fully saturated rings. The number of aromatic nitrogens is 1. The zero-order valence-corrected chi connectivity index (χ0v) is 9.37. The van der Waals surface area contributed by atoms with Crippen LogP contribution >= 0.6 is 0 Å².